The van der Waals surface area contributed by atoms with Gasteiger partial charge in [-0.15, -0.1) is 0 Å². The fourth-order valence-corrected chi connectivity index (χ4v) is 4.50. The van der Waals surface area contributed by atoms with Gasteiger partial charge in [0.15, 0.2) is 0 Å². The van der Waals surface area contributed by atoms with Crippen LogP contribution in [0.5, 0.6) is 0 Å². The number of rotatable bonds is 4. The van der Waals surface area contributed by atoms with E-state index in [4.69, 9.17) is 5.73 Å². The highest BCUT2D eigenvalue weighted by molar-refractivity contribution is 8.09. The molecule has 1 rings (SSSR count). The van der Waals surface area contributed by atoms with Gasteiger partial charge in [0.2, 0.25) is 20.0 Å². The molecule has 2 N–H and O–H groups in total. The van der Waals surface area contributed by atoms with Gasteiger partial charge < -0.3 is 5.73 Å². The highest BCUT2D eigenvalue weighted by Gasteiger charge is 2.28. The second-order valence-electron chi connectivity index (χ2n) is 3.56. The highest BCUT2D eigenvalue weighted by Crippen LogP contribution is 2.24. The fourth-order valence-electron chi connectivity index (χ4n) is 1.46. The van der Waals surface area contributed by atoms with E-state index in [1.54, 1.807) is 18.2 Å². The third-order valence-corrected chi connectivity index (χ3v) is 5.23. The van der Waals surface area contributed by atoms with Crippen molar-refractivity contribution in [1.82, 2.24) is 0 Å². The Bertz CT molecular complexity index is 576. The summed E-state index contributed by atoms with van der Waals surface area (Å²) in [6, 6.07) is 6.20. The van der Waals surface area contributed by atoms with Crippen molar-refractivity contribution in [3.05, 3.63) is 29.8 Å². The Balaban J connectivity index is 3.55. The average molecular weight is 278 g/mol. The minimum Gasteiger partial charge on any atom is -0.326 e. The lowest BCUT2D eigenvalue weighted by Crippen LogP contribution is -2.36. The molecule has 0 aromatic heterocycles. The largest absolute Gasteiger partial charge is 0.326 e. The van der Waals surface area contributed by atoms with Crippen LogP contribution in [0.1, 0.15) is 5.56 Å². The average Bonchev–Trinajstić information content (AvgIpc) is 2.14. The molecule has 0 saturated carbocycles. The topological polar surface area (TPSA) is 97.5 Å². The Labute approximate surface area is 101 Å². The molecule has 17 heavy (non-hydrogen) atoms. The molecular weight excluding hydrogens is 264 g/mol. The Morgan fingerprint density at radius 1 is 1.06 bits per heavy atom. The lowest BCUT2D eigenvalue weighted by molar-refractivity contribution is 0.590. The lowest BCUT2D eigenvalue weighted by Gasteiger charge is -2.21. The Morgan fingerprint density at radius 3 is 1.94 bits per heavy atom. The van der Waals surface area contributed by atoms with E-state index in [0.29, 0.717) is 9.27 Å². The first-order chi connectivity index (χ1) is 7.68. The molecule has 8 heteroatoms. The summed E-state index contributed by atoms with van der Waals surface area (Å²) >= 11 is 0. The maximum absolute atomic E-state index is 11.6. The molecule has 1 aromatic rings. The molecule has 0 amide bonds. The summed E-state index contributed by atoms with van der Waals surface area (Å²) in [7, 11) is -7.84. The summed E-state index contributed by atoms with van der Waals surface area (Å²) < 4.78 is 46.6. The number of nitrogens with zero attached hydrogens (tertiary/aromatic N) is 1. The van der Waals surface area contributed by atoms with Crippen molar-refractivity contribution in [2.75, 3.05) is 16.2 Å². The summed E-state index contributed by atoms with van der Waals surface area (Å²) in [6.07, 6.45) is 1.67. The molecular formula is C9H14N2O4S2. The predicted molar refractivity (Wildman–Crippen MR) is 66.5 cm³/mol. The minimum atomic E-state index is -3.92. The zero-order chi connectivity index (χ0) is 13.3. The zero-order valence-corrected chi connectivity index (χ0v) is 11.1. The van der Waals surface area contributed by atoms with E-state index < -0.39 is 20.0 Å². The smallest absolute Gasteiger partial charge is 0.245 e. The highest BCUT2D eigenvalue weighted by atomic mass is 32.3. The van der Waals surface area contributed by atoms with E-state index in [1.807, 2.05) is 0 Å². The van der Waals surface area contributed by atoms with Gasteiger partial charge in [-0.1, -0.05) is 18.2 Å². The number of sulfonamides is 2. The van der Waals surface area contributed by atoms with E-state index in [0.717, 1.165) is 12.5 Å². The molecule has 0 radical (unpaired) electrons. The molecule has 0 bridgehead atoms. The van der Waals surface area contributed by atoms with Crippen molar-refractivity contribution in [3.63, 3.8) is 0 Å². The Morgan fingerprint density at radius 2 is 1.53 bits per heavy atom. The third-order valence-electron chi connectivity index (χ3n) is 2.01. The first-order valence-electron chi connectivity index (χ1n) is 4.66. The van der Waals surface area contributed by atoms with E-state index in [9.17, 15) is 16.8 Å². The van der Waals surface area contributed by atoms with E-state index in [1.165, 1.54) is 6.07 Å². The van der Waals surface area contributed by atoms with Crippen LogP contribution in [0.3, 0.4) is 0 Å². The molecule has 0 unspecified atom stereocenters. The molecule has 0 fully saturated rings. The van der Waals surface area contributed by atoms with Gasteiger partial charge in [-0.25, -0.2) is 16.8 Å². The van der Waals surface area contributed by atoms with Gasteiger partial charge in [0, 0.05) is 6.54 Å². The number of anilines is 1. The van der Waals surface area contributed by atoms with Crippen LogP contribution in [-0.4, -0.2) is 29.3 Å². The molecule has 0 heterocycles. The number of nitrogens with two attached hydrogens (primary N) is 1. The van der Waals surface area contributed by atoms with Crippen molar-refractivity contribution in [2.45, 2.75) is 6.54 Å². The predicted octanol–water partition coefficient (Wildman–Crippen LogP) is -0.129. The van der Waals surface area contributed by atoms with Crippen LogP contribution in [0.4, 0.5) is 5.69 Å². The van der Waals surface area contributed by atoms with Crippen LogP contribution < -0.4 is 9.44 Å². The number of benzene rings is 1. The van der Waals surface area contributed by atoms with Gasteiger partial charge in [-0.05, 0) is 11.6 Å². The molecule has 0 aliphatic heterocycles. The second-order valence-corrected chi connectivity index (χ2v) is 7.45. The number of hydrogen-bond acceptors (Lipinski definition) is 5. The Kier molecular flexibility index (Phi) is 3.80. The Hall–Kier alpha value is -1.12. The third kappa shape index (κ3) is 3.18. The molecule has 0 spiro atoms. The quantitative estimate of drug-likeness (QED) is 0.827. The van der Waals surface area contributed by atoms with Crippen molar-refractivity contribution < 1.29 is 16.8 Å². The second kappa shape index (κ2) is 4.63. The van der Waals surface area contributed by atoms with E-state index in [-0.39, 0.29) is 12.2 Å². The first-order valence-corrected chi connectivity index (χ1v) is 8.36. The summed E-state index contributed by atoms with van der Waals surface area (Å²) in [4.78, 5) is 0. The van der Waals surface area contributed by atoms with Crippen LogP contribution in [0.2, 0.25) is 0 Å². The van der Waals surface area contributed by atoms with Gasteiger partial charge in [-0.3, -0.25) is 0 Å². The zero-order valence-electron chi connectivity index (χ0n) is 9.49. The first kappa shape index (κ1) is 13.9. The van der Waals surface area contributed by atoms with Gasteiger partial charge in [-0.2, -0.15) is 3.71 Å². The van der Waals surface area contributed by atoms with E-state index >= 15 is 0 Å². The van der Waals surface area contributed by atoms with Crippen molar-refractivity contribution in [3.8, 4) is 0 Å². The summed E-state index contributed by atoms with van der Waals surface area (Å²) in [5.41, 5.74) is 5.98. The normalized spacial score (nSPS) is 12.4. The standard InChI is InChI=1S/C9H14N2O4S2/c1-16(12,13)11(17(2,14)15)9-6-4-3-5-8(9)7-10/h3-6H,7,10H2,1-2H3. The number of para-hydroxylation sites is 1. The molecule has 0 aliphatic carbocycles. The monoisotopic (exact) mass is 278 g/mol. The maximum atomic E-state index is 11.6. The molecule has 96 valence electrons. The van der Waals surface area contributed by atoms with Crippen LogP contribution in [-0.2, 0) is 26.6 Å². The van der Waals surface area contributed by atoms with Gasteiger partial charge in [0.25, 0.3) is 0 Å². The molecule has 6 nitrogen and oxygen atoms in total. The van der Waals surface area contributed by atoms with Gasteiger partial charge >= 0.3 is 0 Å². The van der Waals surface area contributed by atoms with Crippen LogP contribution in [0.15, 0.2) is 24.3 Å². The van der Waals surface area contributed by atoms with Crippen molar-refractivity contribution in [1.29, 1.82) is 0 Å². The molecule has 0 saturated heterocycles. The fraction of sp³-hybridized carbons (Fsp3) is 0.333. The summed E-state index contributed by atoms with van der Waals surface area (Å²) in [6.45, 7) is 0.0533. The summed E-state index contributed by atoms with van der Waals surface area (Å²) in [5.74, 6) is 0. The minimum absolute atomic E-state index is 0.0533. The molecule has 0 aliphatic rings. The molecule has 1 aromatic carbocycles. The van der Waals surface area contributed by atoms with Crippen LogP contribution in [0.25, 0.3) is 0 Å². The van der Waals surface area contributed by atoms with Gasteiger partial charge in [0.05, 0.1) is 18.2 Å². The van der Waals surface area contributed by atoms with Crippen molar-refractivity contribution >= 4 is 25.7 Å². The van der Waals surface area contributed by atoms with E-state index in [2.05, 4.69) is 0 Å². The van der Waals surface area contributed by atoms with Gasteiger partial charge in [0.1, 0.15) is 0 Å². The number of hydrogen-bond donors (Lipinski definition) is 1. The maximum Gasteiger partial charge on any atom is 0.245 e. The SMILES string of the molecule is CS(=O)(=O)N(c1ccccc1CN)S(C)(=O)=O. The van der Waals surface area contributed by atoms with Crippen LogP contribution in [0, 0.1) is 0 Å². The summed E-state index contributed by atoms with van der Waals surface area (Å²) in [5, 5.41) is 0. The molecule has 0 atom stereocenters. The van der Waals surface area contributed by atoms with Crippen LogP contribution >= 0.6 is 0 Å². The van der Waals surface area contributed by atoms with Crippen molar-refractivity contribution in [2.24, 2.45) is 5.73 Å². The lowest BCUT2D eigenvalue weighted by atomic mass is 10.2.